The Labute approximate surface area is 86.1 Å². The Morgan fingerprint density at radius 3 is 2.14 bits per heavy atom. The van der Waals surface area contributed by atoms with Crippen molar-refractivity contribution in [3.05, 3.63) is 0 Å². The van der Waals surface area contributed by atoms with Crippen LogP contribution in [-0.4, -0.2) is 36.1 Å². The quantitative estimate of drug-likeness (QED) is 0.751. The van der Waals surface area contributed by atoms with Gasteiger partial charge in [-0.1, -0.05) is 6.42 Å². The lowest BCUT2D eigenvalue weighted by molar-refractivity contribution is -0.153. The summed E-state index contributed by atoms with van der Waals surface area (Å²) in [6, 6.07) is 0.161. The molecule has 0 aliphatic heterocycles. The molecule has 0 spiro atoms. The third kappa shape index (κ3) is 1.92. The number of hydrogen-bond donors (Lipinski definition) is 1. The van der Waals surface area contributed by atoms with Gasteiger partial charge in [-0.25, -0.2) is 0 Å². The molecule has 0 amide bonds. The summed E-state index contributed by atoms with van der Waals surface area (Å²) in [5.74, 6) is -0.126. The summed E-state index contributed by atoms with van der Waals surface area (Å²) < 4.78 is 0. The molecule has 0 aromatic heterocycles. The Morgan fingerprint density at radius 2 is 1.93 bits per heavy atom. The second kappa shape index (κ2) is 3.89. The van der Waals surface area contributed by atoms with E-state index < -0.39 is 11.4 Å². The number of nitrogens with zero attached hydrogens (tertiary/aromatic N) is 1. The fourth-order valence-corrected chi connectivity index (χ4v) is 2.54. The highest BCUT2D eigenvalue weighted by Gasteiger charge is 2.44. The monoisotopic (exact) mass is 199 g/mol. The molecule has 14 heavy (non-hydrogen) atoms. The van der Waals surface area contributed by atoms with Crippen LogP contribution < -0.4 is 0 Å². The molecule has 1 saturated carbocycles. The van der Waals surface area contributed by atoms with Gasteiger partial charge in [0.2, 0.25) is 0 Å². The highest BCUT2D eigenvalue weighted by atomic mass is 16.4. The first-order valence-corrected chi connectivity index (χ1v) is 5.27. The van der Waals surface area contributed by atoms with Crippen molar-refractivity contribution < 1.29 is 9.90 Å². The van der Waals surface area contributed by atoms with Crippen molar-refractivity contribution in [2.24, 2.45) is 11.3 Å². The van der Waals surface area contributed by atoms with Crippen LogP contribution in [0.5, 0.6) is 0 Å². The van der Waals surface area contributed by atoms with Crippen molar-refractivity contribution in [1.82, 2.24) is 4.90 Å². The third-order valence-electron chi connectivity index (χ3n) is 3.44. The Bertz CT molecular complexity index is 219. The molecule has 1 fully saturated rings. The summed E-state index contributed by atoms with van der Waals surface area (Å²) in [5, 5.41) is 9.20. The van der Waals surface area contributed by atoms with Crippen LogP contribution in [0.1, 0.15) is 33.1 Å². The summed E-state index contributed by atoms with van der Waals surface area (Å²) in [6.45, 7) is 3.66. The van der Waals surface area contributed by atoms with Gasteiger partial charge >= 0.3 is 5.97 Å². The van der Waals surface area contributed by atoms with E-state index in [9.17, 15) is 9.90 Å². The third-order valence-corrected chi connectivity index (χ3v) is 3.44. The number of rotatable bonds is 4. The minimum atomic E-state index is -0.692. The lowest BCUT2D eigenvalue weighted by Crippen LogP contribution is -2.52. The van der Waals surface area contributed by atoms with Crippen molar-refractivity contribution in [2.45, 2.75) is 39.2 Å². The predicted octanol–water partition coefficient (Wildman–Crippen LogP) is 1.83. The zero-order valence-electron chi connectivity index (χ0n) is 9.58. The summed E-state index contributed by atoms with van der Waals surface area (Å²) in [4.78, 5) is 13.3. The van der Waals surface area contributed by atoms with E-state index in [1.165, 1.54) is 19.3 Å². The lowest BCUT2D eigenvalue weighted by atomic mass is 9.68. The average Bonchev–Trinajstić information content (AvgIpc) is 1.94. The Kier molecular flexibility index (Phi) is 3.20. The minimum Gasteiger partial charge on any atom is -0.481 e. The first-order valence-electron chi connectivity index (χ1n) is 5.27. The number of carbonyl (C=O) groups is 1. The van der Waals surface area contributed by atoms with E-state index in [1.807, 2.05) is 27.9 Å². The van der Waals surface area contributed by atoms with Crippen LogP contribution in [0.25, 0.3) is 0 Å². The van der Waals surface area contributed by atoms with Crippen LogP contribution >= 0.6 is 0 Å². The smallest absolute Gasteiger partial charge is 0.310 e. The maximum Gasteiger partial charge on any atom is 0.310 e. The van der Waals surface area contributed by atoms with Gasteiger partial charge in [0.05, 0.1) is 5.41 Å². The van der Waals surface area contributed by atoms with Crippen LogP contribution in [0.3, 0.4) is 0 Å². The highest BCUT2D eigenvalue weighted by Crippen LogP contribution is 2.40. The van der Waals surface area contributed by atoms with Gasteiger partial charge in [0, 0.05) is 6.04 Å². The molecule has 3 heteroatoms. The Hall–Kier alpha value is -0.570. The molecule has 0 saturated heterocycles. The largest absolute Gasteiger partial charge is 0.481 e. The molecular formula is C11H21NO2. The van der Waals surface area contributed by atoms with Crippen molar-refractivity contribution >= 4 is 5.97 Å². The molecular weight excluding hydrogens is 178 g/mol. The summed E-state index contributed by atoms with van der Waals surface area (Å²) in [6.07, 6.45) is 3.61. The van der Waals surface area contributed by atoms with Gasteiger partial charge in [-0.15, -0.1) is 0 Å². The topological polar surface area (TPSA) is 40.5 Å². The fourth-order valence-electron chi connectivity index (χ4n) is 2.54. The molecule has 1 aliphatic rings. The van der Waals surface area contributed by atoms with E-state index in [4.69, 9.17) is 0 Å². The van der Waals surface area contributed by atoms with Crippen LogP contribution in [0.2, 0.25) is 0 Å². The zero-order valence-corrected chi connectivity index (χ0v) is 9.58. The van der Waals surface area contributed by atoms with Crippen molar-refractivity contribution in [3.63, 3.8) is 0 Å². The Morgan fingerprint density at radius 1 is 1.43 bits per heavy atom. The van der Waals surface area contributed by atoms with E-state index >= 15 is 0 Å². The highest BCUT2D eigenvalue weighted by molar-refractivity contribution is 5.74. The SMILES string of the molecule is CN(C)C(C1CCC1)C(C)(C)C(=O)O. The van der Waals surface area contributed by atoms with Gasteiger partial charge in [0.15, 0.2) is 0 Å². The van der Waals surface area contributed by atoms with E-state index in [0.717, 1.165) is 0 Å². The predicted molar refractivity (Wildman–Crippen MR) is 56.2 cm³/mol. The molecule has 0 heterocycles. The molecule has 0 bridgehead atoms. The molecule has 0 aromatic rings. The van der Waals surface area contributed by atoms with E-state index in [0.29, 0.717) is 5.92 Å². The van der Waals surface area contributed by atoms with Crippen LogP contribution in [0.15, 0.2) is 0 Å². The second-order valence-electron chi connectivity index (χ2n) is 5.13. The van der Waals surface area contributed by atoms with Crippen molar-refractivity contribution in [1.29, 1.82) is 0 Å². The molecule has 0 aromatic carbocycles. The molecule has 82 valence electrons. The molecule has 1 rings (SSSR count). The van der Waals surface area contributed by atoms with Gasteiger partial charge in [0.25, 0.3) is 0 Å². The zero-order chi connectivity index (χ0) is 10.9. The van der Waals surface area contributed by atoms with Gasteiger partial charge in [0.1, 0.15) is 0 Å². The first kappa shape index (κ1) is 11.5. The number of carboxylic acids is 1. The molecule has 1 N–H and O–H groups in total. The molecule has 1 aliphatic carbocycles. The summed E-state index contributed by atoms with van der Waals surface area (Å²) >= 11 is 0. The fraction of sp³-hybridized carbons (Fsp3) is 0.909. The summed E-state index contributed by atoms with van der Waals surface area (Å²) in [7, 11) is 3.96. The standard InChI is InChI=1S/C11H21NO2/c1-11(2,10(13)14)9(12(3)4)8-6-5-7-8/h8-9H,5-7H2,1-4H3,(H,13,14). The van der Waals surface area contributed by atoms with Gasteiger partial charge in [-0.2, -0.15) is 0 Å². The number of hydrogen-bond acceptors (Lipinski definition) is 2. The minimum absolute atomic E-state index is 0.161. The Balaban J connectivity index is 2.80. The van der Waals surface area contributed by atoms with Gasteiger partial charge in [-0.3, -0.25) is 4.79 Å². The van der Waals surface area contributed by atoms with E-state index in [-0.39, 0.29) is 6.04 Å². The molecule has 0 radical (unpaired) electrons. The number of carboxylic acid groups (broad SMARTS) is 1. The maximum atomic E-state index is 11.2. The van der Waals surface area contributed by atoms with Gasteiger partial charge < -0.3 is 10.0 Å². The molecule has 1 unspecified atom stereocenters. The first-order chi connectivity index (χ1) is 6.37. The van der Waals surface area contributed by atoms with E-state index in [1.54, 1.807) is 0 Å². The van der Waals surface area contributed by atoms with Crippen molar-refractivity contribution in [3.8, 4) is 0 Å². The molecule has 3 nitrogen and oxygen atoms in total. The maximum absolute atomic E-state index is 11.2. The van der Waals surface area contributed by atoms with E-state index in [2.05, 4.69) is 4.90 Å². The number of aliphatic carboxylic acids is 1. The summed E-state index contributed by atoms with van der Waals surface area (Å²) in [5.41, 5.74) is -0.644. The van der Waals surface area contributed by atoms with Crippen LogP contribution in [-0.2, 0) is 4.79 Å². The normalized spacial score (nSPS) is 20.6. The molecule has 1 atom stereocenters. The second-order valence-corrected chi connectivity index (χ2v) is 5.13. The average molecular weight is 199 g/mol. The van der Waals surface area contributed by atoms with Gasteiger partial charge in [-0.05, 0) is 46.7 Å². The lowest BCUT2D eigenvalue weighted by Gasteiger charge is -2.44. The van der Waals surface area contributed by atoms with Crippen LogP contribution in [0, 0.1) is 11.3 Å². The van der Waals surface area contributed by atoms with Crippen LogP contribution in [0.4, 0.5) is 0 Å². The van der Waals surface area contributed by atoms with Crippen molar-refractivity contribution in [2.75, 3.05) is 14.1 Å².